The molecule has 216 valence electrons. The molecule has 1 aliphatic rings. The average Bonchev–Trinajstić information content (AvgIpc) is 3.73. The van der Waals surface area contributed by atoms with Crippen LogP contribution in [0.4, 0.5) is 14.5 Å². The molecule has 5 rings (SSSR count). The number of carbonyl (C=O) groups is 1. The van der Waals surface area contributed by atoms with Crippen molar-refractivity contribution in [2.24, 2.45) is 0 Å². The van der Waals surface area contributed by atoms with Crippen LogP contribution in [-0.4, -0.2) is 35.3 Å². The van der Waals surface area contributed by atoms with Gasteiger partial charge in [-0.2, -0.15) is 0 Å². The highest BCUT2D eigenvalue weighted by Crippen LogP contribution is 2.48. The summed E-state index contributed by atoms with van der Waals surface area (Å²) >= 11 is 3.23. The largest absolute Gasteiger partial charge is 0.455 e. The van der Waals surface area contributed by atoms with Crippen LogP contribution in [0.1, 0.15) is 45.8 Å². The fourth-order valence-corrected chi connectivity index (χ4v) is 5.76. The van der Waals surface area contributed by atoms with Gasteiger partial charge >= 0.3 is 0 Å². The molecule has 1 aromatic heterocycles. The lowest BCUT2D eigenvalue weighted by Crippen LogP contribution is -2.22. The third-order valence-electron chi connectivity index (χ3n) is 6.84. The first-order chi connectivity index (χ1) is 19.7. The SMILES string of the molecule is CNC(=O)c1c(-c2ccc(F)cc2)oc2cc(N(Cc3cc(F)c(Br)c(COCOC)c3)[SH](=O)=O)c(C3CC3)cc12. The van der Waals surface area contributed by atoms with Gasteiger partial charge in [-0.05, 0) is 87.8 Å². The summed E-state index contributed by atoms with van der Waals surface area (Å²) in [5, 5.41) is 3.15. The fourth-order valence-electron chi connectivity index (χ4n) is 4.79. The summed E-state index contributed by atoms with van der Waals surface area (Å²) in [6.45, 7) is -0.0647. The number of furan rings is 1. The number of hydrogen-bond acceptors (Lipinski definition) is 6. The van der Waals surface area contributed by atoms with Crippen molar-refractivity contribution in [2.45, 2.75) is 31.9 Å². The molecule has 0 atom stereocenters. The highest BCUT2D eigenvalue weighted by atomic mass is 79.9. The second kappa shape index (κ2) is 12.3. The summed E-state index contributed by atoms with van der Waals surface area (Å²) in [6, 6.07) is 11.9. The summed E-state index contributed by atoms with van der Waals surface area (Å²) in [4.78, 5) is 13.0. The van der Waals surface area contributed by atoms with Crippen LogP contribution in [0.2, 0.25) is 0 Å². The number of methoxy groups -OCH3 is 1. The fraction of sp³-hybridized carbons (Fsp3) is 0.276. The van der Waals surface area contributed by atoms with Gasteiger partial charge in [-0.25, -0.2) is 17.2 Å². The maximum Gasteiger partial charge on any atom is 0.255 e. The first kappa shape index (κ1) is 29.2. The Kier molecular flexibility index (Phi) is 8.74. The van der Waals surface area contributed by atoms with Crippen molar-refractivity contribution < 1.29 is 35.9 Å². The van der Waals surface area contributed by atoms with Crippen LogP contribution in [0.15, 0.2) is 57.4 Å². The number of anilines is 1. The van der Waals surface area contributed by atoms with E-state index in [9.17, 15) is 22.0 Å². The Labute approximate surface area is 245 Å². The molecule has 1 N–H and O–H groups in total. The maximum absolute atomic E-state index is 14.8. The van der Waals surface area contributed by atoms with E-state index >= 15 is 0 Å². The van der Waals surface area contributed by atoms with Gasteiger partial charge in [-0.1, -0.05) is 6.07 Å². The molecule has 41 heavy (non-hydrogen) atoms. The Morgan fingerprint density at radius 1 is 1.15 bits per heavy atom. The molecule has 1 amide bonds. The van der Waals surface area contributed by atoms with Gasteiger partial charge in [0.05, 0.1) is 28.9 Å². The lowest BCUT2D eigenvalue weighted by molar-refractivity contribution is -0.0393. The Balaban J connectivity index is 1.62. The van der Waals surface area contributed by atoms with Crippen LogP contribution >= 0.6 is 15.9 Å². The predicted molar refractivity (Wildman–Crippen MR) is 154 cm³/mol. The molecule has 1 heterocycles. The monoisotopic (exact) mass is 648 g/mol. The van der Waals surface area contributed by atoms with Gasteiger partial charge < -0.3 is 19.2 Å². The van der Waals surface area contributed by atoms with Crippen LogP contribution in [0.25, 0.3) is 22.3 Å². The van der Waals surface area contributed by atoms with Gasteiger partial charge in [0.15, 0.2) is 0 Å². The van der Waals surface area contributed by atoms with Crippen molar-refractivity contribution in [3.05, 3.63) is 86.9 Å². The second-order valence-corrected chi connectivity index (χ2v) is 11.4. The number of fused-ring (bicyclic) bond motifs is 1. The van der Waals surface area contributed by atoms with Crippen LogP contribution in [0.3, 0.4) is 0 Å². The van der Waals surface area contributed by atoms with E-state index in [4.69, 9.17) is 13.9 Å². The lowest BCUT2D eigenvalue weighted by Gasteiger charge is -2.22. The highest BCUT2D eigenvalue weighted by molar-refractivity contribution is 9.10. The standard InChI is InChI=1S/C29H27BrF2N2O6S/c1-33-29(35)26-22-11-21(17-3-4-17)24(12-25(22)40-28(26)18-5-7-20(31)8-6-18)34(41(36)37)13-16-9-19(14-39-15-38-2)27(30)23(32)10-16/h5-12,17,41H,3-4,13-15H2,1-2H3,(H,33,35). The van der Waals surface area contributed by atoms with Crippen molar-refractivity contribution in [2.75, 3.05) is 25.3 Å². The summed E-state index contributed by atoms with van der Waals surface area (Å²) in [6.07, 6.45) is 1.71. The summed E-state index contributed by atoms with van der Waals surface area (Å²) in [7, 11) is -0.176. The number of hydrogen-bond donors (Lipinski definition) is 2. The normalized spacial score (nSPS) is 13.2. The third kappa shape index (κ3) is 6.15. The number of thiol groups is 1. The van der Waals surface area contributed by atoms with Gasteiger partial charge in [-0.15, -0.1) is 0 Å². The molecule has 12 heteroatoms. The maximum atomic E-state index is 14.8. The smallest absolute Gasteiger partial charge is 0.255 e. The second-order valence-electron chi connectivity index (χ2n) is 9.67. The van der Waals surface area contributed by atoms with Gasteiger partial charge in [0.2, 0.25) is 10.9 Å². The van der Waals surface area contributed by atoms with Crippen molar-refractivity contribution >= 4 is 49.4 Å². The van der Waals surface area contributed by atoms with Gasteiger partial charge in [0.25, 0.3) is 5.91 Å². The molecular formula is C29H27BrF2N2O6S. The Morgan fingerprint density at radius 2 is 1.88 bits per heavy atom. The zero-order valence-corrected chi connectivity index (χ0v) is 24.7. The van der Waals surface area contributed by atoms with E-state index < -0.39 is 28.4 Å². The first-order valence-electron chi connectivity index (χ1n) is 12.8. The average molecular weight is 650 g/mol. The van der Waals surface area contributed by atoms with Crippen molar-refractivity contribution in [3.63, 3.8) is 0 Å². The van der Waals surface area contributed by atoms with Crippen LogP contribution in [-0.2, 0) is 33.5 Å². The lowest BCUT2D eigenvalue weighted by atomic mass is 10.00. The molecule has 3 aromatic carbocycles. The molecule has 0 radical (unpaired) electrons. The molecule has 1 aliphatic carbocycles. The van der Waals surface area contributed by atoms with Crippen molar-refractivity contribution in [1.82, 2.24) is 5.32 Å². The number of benzene rings is 3. The molecular weight excluding hydrogens is 622 g/mol. The minimum Gasteiger partial charge on any atom is -0.455 e. The van der Waals surface area contributed by atoms with Crippen molar-refractivity contribution in [3.8, 4) is 11.3 Å². The van der Waals surface area contributed by atoms with E-state index in [0.717, 1.165) is 18.4 Å². The van der Waals surface area contributed by atoms with Crippen molar-refractivity contribution in [1.29, 1.82) is 0 Å². The van der Waals surface area contributed by atoms with Gasteiger partial charge in [0.1, 0.15) is 29.8 Å². The number of halogens is 3. The van der Waals surface area contributed by atoms with Gasteiger partial charge in [-0.3, -0.25) is 9.10 Å². The number of nitrogens with zero attached hydrogens (tertiary/aromatic N) is 1. The number of nitrogens with one attached hydrogen (secondary N) is 1. The van der Waals surface area contributed by atoms with Gasteiger partial charge in [0, 0.05) is 31.2 Å². The Bertz CT molecular complexity index is 1680. The van der Waals surface area contributed by atoms with E-state index in [0.29, 0.717) is 33.3 Å². The molecule has 0 bridgehead atoms. The Morgan fingerprint density at radius 3 is 2.51 bits per heavy atom. The molecule has 0 aliphatic heterocycles. The van der Waals surface area contributed by atoms with E-state index in [1.54, 1.807) is 18.2 Å². The number of rotatable bonds is 11. The Hall–Kier alpha value is -3.32. The topological polar surface area (TPSA) is 98.1 Å². The quantitative estimate of drug-likeness (QED) is 0.117. The molecule has 1 saturated carbocycles. The predicted octanol–water partition coefficient (Wildman–Crippen LogP) is 6.03. The van der Waals surface area contributed by atoms with E-state index in [1.165, 1.54) is 48.8 Å². The summed E-state index contributed by atoms with van der Waals surface area (Å²) < 4.78 is 71.5. The van der Waals surface area contributed by atoms with E-state index in [2.05, 4.69) is 21.2 Å². The molecule has 0 unspecified atom stereocenters. The number of carbonyl (C=O) groups excluding carboxylic acids is 1. The summed E-state index contributed by atoms with van der Waals surface area (Å²) in [5.41, 5.74) is 3.11. The zero-order chi connectivity index (χ0) is 29.3. The van der Waals surface area contributed by atoms with E-state index in [1.807, 2.05) is 0 Å². The molecule has 8 nitrogen and oxygen atoms in total. The summed E-state index contributed by atoms with van der Waals surface area (Å²) in [5.74, 6) is -1.04. The molecule has 0 spiro atoms. The molecule has 4 aromatic rings. The zero-order valence-electron chi connectivity index (χ0n) is 22.2. The van der Waals surface area contributed by atoms with Crippen LogP contribution < -0.4 is 9.62 Å². The minimum atomic E-state index is -3.15. The van der Waals surface area contributed by atoms with Crippen LogP contribution in [0.5, 0.6) is 0 Å². The third-order valence-corrected chi connectivity index (χ3v) is 8.48. The van der Waals surface area contributed by atoms with Crippen LogP contribution in [0, 0.1) is 11.6 Å². The first-order valence-corrected chi connectivity index (χ1v) is 14.7. The molecule has 0 saturated heterocycles. The molecule has 1 fully saturated rings. The highest BCUT2D eigenvalue weighted by Gasteiger charge is 2.32. The minimum absolute atomic E-state index is 0.0166. The number of amides is 1. The number of ether oxygens (including phenoxy) is 2. The van der Waals surface area contributed by atoms with E-state index in [-0.39, 0.29) is 41.7 Å².